The molecule has 1 aliphatic rings. The molecule has 2 N–H and O–H groups in total. The number of hydrogen-bond acceptors (Lipinski definition) is 2. The van der Waals surface area contributed by atoms with E-state index >= 15 is 0 Å². The van der Waals surface area contributed by atoms with Gasteiger partial charge in [-0.3, -0.25) is 4.79 Å². The summed E-state index contributed by atoms with van der Waals surface area (Å²) >= 11 is 0. The van der Waals surface area contributed by atoms with Gasteiger partial charge in [0.25, 0.3) is 0 Å². The molecule has 1 rings (SSSR count). The molecule has 0 aromatic carbocycles. The smallest absolute Gasteiger partial charge is 0.234 e. The van der Waals surface area contributed by atoms with Gasteiger partial charge >= 0.3 is 0 Å². The molecule has 0 bridgehead atoms. The molecule has 0 aromatic rings. The minimum absolute atomic E-state index is 0.133. The van der Waals surface area contributed by atoms with E-state index in [-0.39, 0.29) is 5.91 Å². The SMILES string of the molecule is CCNCC(=O)NC1CC(C)C1. The Labute approximate surface area is 73.9 Å². The van der Waals surface area contributed by atoms with Crippen molar-refractivity contribution in [1.82, 2.24) is 10.6 Å². The topological polar surface area (TPSA) is 41.1 Å². The first-order valence-electron chi connectivity index (χ1n) is 4.72. The molecule has 0 atom stereocenters. The average molecular weight is 170 g/mol. The minimum Gasteiger partial charge on any atom is -0.352 e. The fourth-order valence-corrected chi connectivity index (χ4v) is 1.54. The number of nitrogens with one attached hydrogen (secondary N) is 2. The molecule has 0 heterocycles. The molecule has 0 aromatic heterocycles. The van der Waals surface area contributed by atoms with E-state index in [0.29, 0.717) is 12.6 Å². The van der Waals surface area contributed by atoms with Crippen LogP contribution in [-0.2, 0) is 4.79 Å². The third kappa shape index (κ3) is 2.81. The molecule has 0 unspecified atom stereocenters. The van der Waals surface area contributed by atoms with Gasteiger partial charge in [0.05, 0.1) is 6.54 Å². The van der Waals surface area contributed by atoms with E-state index in [9.17, 15) is 4.79 Å². The predicted molar refractivity (Wildman–Crippen MR) is 48.9 cm³/mol. The van der Waals surface area contributed by atoms with Gasteiger partial charge in [0.1, 0.15) is 0 Å². The highest BCUT2D eigenvalue weighted by molar-refractivity contribution is 5.78. The normalized spacial score (nSPS) is 27.8. The van der Waals surface area contributed by atoms with Crippen molar-refractivity contribution in [2.24, 2.45) is 5.92 Å². The van der Waals surface area contributed by atoms with E-state index in [2.05, 4.69) is 17.6 Å². The number of rotatable bonds is 4. The Morgan fingerprint density at radius 3 is 2.67 bits per heavy atom. The van der Waals surface area contributed by atoms with E-state index in [4.69, 9.17) is 0 Å². The number of amides is 1. The van der Waals surface area contributed by atoms with Crippen LogP contribution >= 0.6 is 0 Å². The van der Waals surface area contributed by atoms with Crippen LogP contribution in [0, 0.1) is 5.92 Å². The van der Waals surface area contributed by atoms with Gasteiger partial charge < -0.3 is 10.6 Å². The molecule has 3 heteroatoms. The number of carbonyl (C=O) groups excluding carboxylic acids is 1. The van der Waals surface area contributed by atoms with Gasteiger partial charge in [0.15, 0.2) is 0 Å². The first kappa shape index (κ1) is 9.52. The quantitative estimate of drug-likeness (QED) is 0.645. The molecule has 70 valence electrons. The second kappa shape index (κ2) is 4.45. The molecule has 0 aliphatic heterocycles. The first-order valence-corrected chi connectivity index (χ1v) is 4.72. The van der Waals surface area contributed by atoms with Gasteiger partial charge in [-0.15, -0.1) is 0 Å². The van der Waals surface area contributed by atoms with E-state index in [1.807, 2.05) is 6.92 Å². The molecule has 0 spiro atoms. The highest BCUT2D eigenvalue weighted by atomic mass is 16.1. The average Bonchev–Trinajstić information content (AvgIpc) is 1.98. The monoisotopic (exact) mass is 170 g/mol. The van der Waals surface area contributed by atoms with E-state index in [0.717, 1.165) is 25.3 Å². The Hall–Kier alpha value is -0.570. The largest absolute Gasteiger partial charge is 0.352 e. The highest BCUT2D eigenvalue weighted by Gasteiger charge is 2.26. The zero-order chi connectivity index (χ0) is 8.97. The second-order valence-electron chi connectivity index (χ2n) is 3.62. The van der Waals surface area contributed by atoms with Crippen LogP contribution in [0.2, 0.25) is 0 Å². The Morgan fingerprint density at radius 2 is 2.17 bits per heavy atom. The lowest BCUT2D eigenvalue weighted by molar-refractivity contribution is -0.121. The van der Waals surface area contributed by atoms with Crippen LogP contribution in [0.1, 0.15) is 26.7 Å². The van der Waals surface area contributed by atoms with Gasteiger partial charge in [0.2, 0.25) is 5.91 Å². The molecule has 12 heavy (non-hydrogen) atoms. The van der Waals surface area contributed by atoms with Crippen molar-refractivity contribution in [3.05, 3.63) is 0 Å². The number of carbonyl (C=O) groups is 1. The maximum Gasteiger partial charge on any atom is 0.234 e. The lowest BCUT2D eigenvalue weighted by Gasteiger charge is -2.33. The standard InChI is InChI=1S/C9H18N2O/c1-3-10-6-9(12)11-8-4-7(2)5-8/h7-8,10H,3-6H2,1-2H3,(H,11,12). The van der Waals surface area contributed by atoms with Crippen molar-refractivity contribution in [2.75, 3.05) is 13.1 Å². The number of hydrogen-bond donors (Lipinski definition) is 2. The van der Waals surface area contributed by atoms with Gasteiger partial charge in [-0.05, 0) is 25.3 Å². The zero-order valence-corrected chi connectivity index (χ0v) is 7.89. The van der Waals surface area contributed by atoms with Crippen molar-refractivity contribution in [3.63, 3.8) is 0 Å². The van der Waals surface area contributed by atoms with Crippen LogP contribution in [0.3, 0.4) is 0 Å². The molecule has 1 aliphatic carbocycles. The van der Waals surface area contributed by atoms with Crippen LogP contribution in [-0.4, -0.2) is 25.0 Å². The summed E-state index contributed by atoms with van der Waals surface area (Å²) in [7, 11) is 0. The van der Waals surface area contributed by atoms with Crippen molar-refractivity contribution in [3.8, 4) is 0 Å². The Kier molecular flexibility index (Phi) is 3.53. The minimum atomic E-state index is 0.133. The third-order valence-electron chi connectivity index (χ3n) is 2.27. The van der Waals surface area contributed by atoms with E-state index < -0.39 is 0 Å². The summed E-state index contributed by atoms with van der Waals surface area (Å²) in [6, 6.07) is 0.450. The zero-order valence-electron chi connectivity index (χ0n) is 7.89. The molecule has 1 amide bonds. The summed E-state index contributed by atoms with van der Waals surface area (Å²) in [5.74, 6) is 0.934. The first-order chi connectivity index (χ1) is 5.72. The summed E-state index contributed by atoms with van der Waals surface area (Å²) in [5.41, 5.74) is 0. The summed E-state index contributed by atoms with van der Waals surface area (Å²) in [5, 5.41) is 5.98. The number of likely N-dealkylation sites (N-methyl/N-ethyl adjacent to an activating group) is 1. The second-order valence-corrected chi connectivity index (χ2v) is 3.62. The van der Waals surface area contributed by atoms with E-state index in [1.165, 1.54) is 0 Å². The van der Waals surface area contributed by atoms with Crippen molar-refractivity contribution >= 4 is 5.91 Å². The Bertz CT molecular complexity index is 153. The van der Waals surface area contributed by atoms with Crippen LogP contribution in [0.15, 0.2) is 0 Å². The molecular weight excluding hydrogens is 152 g/mol. The van der Waals surface area contributed by atoms with Crippen LogP contribution in [0.4, 0.5) is 0 Å². The Balaban J connectivity index is 2.03. The third-order valence-corrected chi connectivity index (χ3v) is 2.27. The summed E-state index contributed by atoms with van der Waals surface area (Å²) in [6.07, 6.45) is 2.30. The molecule has 1 saturated carbocycles. The molecular formula is C9H18N2O. The summed E-state index contributed by atoms with van der Waals surface area (Å²) < 4.78 is 0. The highest BCUT2D eigenvalue weighted by Crippen LogP contribution is 2.25. The molecule has 0 saturated heterocycles. The fourth-order valence-electron chi connectivity index (χ4n) is 1.54. The van der Waals surface area contributed by atoms with Gasteiger partial charge in [-0.25, -0.2) is 0 Å². The van der Waals surface area contributed by atoms with E-state index in [1.54, 1.807) is 0 Å². The summed E-state index contributed by atoms with van der Waals surface area (Å²) in [4.78, 5) is 11.1. The van der Waals surface area contributed by atoms with Crippen LogP contribution < -0.4 is 10.6 Å². The maximum absolute atomic E-state index is 11.1. The predicted octanol–water partition coefficient (Wildman–Crippen LogP) is 0.511. The van der Waals surface area contributed by atoms with Gasteiger partial charge in [-0.1, -0.05) is 13.8 Å². The van der Waals surface area contributed by atoms with Crippen LogP contribution in [0.25, 0.3) is 0 Å². The lowest BCUT2D eigenvalue weighted by atomic mass is 9.82. The molecule has 0 radical (unpaired) electrons. The molecule has 3 nitrogen and oxygen atoms in total. The van der Waals surface area contributed by atoms with Crippen molar-refractivity contribution < 1.29 is 4.79 Å². The van der Waals surface area contributed by atoms with Gasteiger partial charge in [0, 0.05) is 6.04 Å². The van der Waals surface area contributed by atoms with Crippen LogP contribution in [0.5, 0.6) is 0 Å². The van der Waals surface area contributed by atoms with Crippen molar-refractivity contribution in [1.29, 1.82) is 0 Å². The Morgan fingerprint density at radius 1 is 1.50 bits per heavy atom. The summed E-state index contributed by atoms with van der Waals surface area (Å²) in [6.45, 7) is 5.53. The van der Waals surface area contributed by atoms with Crippen molar-refractivity contribution in [2.45, 2.75) is 32.7 Å². The van der Waals surface area contributed by atoms with Gasteiger partial charge in [-0.2, -0.15) is 0 Å². The molecule has 1 fully saturated rings. The lowest BCUT2D eigenvalue weighted by Crippen LogP contribution is -2.46. The maximum atomic E-state index is 11.1. The fraction of sp³-hybridized carbons (Fsp3) is 0.889.